The van der Waals surface area contributed by atoms with E-state index in [1.807, 2.05) is 0 Å². The van der Waals surface area contributed by atoms with Gasteiger partial charge < -0.3 is 5.11 Å². The van der Waals surface area contributed by atoms with Crippen molar-refractivity contribution in [1.29, 1.82) is 0 Å². The number of carbonyl (C=O) groups excluding carboxylic acids is 1. The largest absolute Gasteiger partial charge is 0.512 e. The number of aliphatic hydroxyl groups excluding tert-OH is 1. The number of pyridine rings is 1. The second-order valence-corrected chi connectivity index (χ2v) is 11.2. The predicted octanol–water partition coefficient (Wildman–Crippen LogP) is 8.69. The summed E-state index contributed by atoms with van der Waals surface area (Å²) in [4.78, 5) is 17.4. The number of hydrogen-bond donors (Lipinski definition) is 1. The van der Waals surface area contributed by atoms with Crippen LogP contribution in [0.25, 0.3) is 31.9 Å². The molecule has 1 N–H and O–H groups in total. The standard InChI is InChI=1S/C26H26NS.C5H8O2.Ir/c1-16-9-17(2)12-21(11-16)24-15-19-7-8-23(27-25(19)28-24)20-10-18(3)13-22(14-20)26(4,5)6;1-4(6)3-5(2)7;/h7-9,11-15H,1-6H3;3,6H,1-2H3;/q-1;;/b;4-3-;. The molecule has 36 heavy (non-hydrogen) atoms. The van der Waals surface area contributed by atoms with Crippen molar-refractivity contribution in [3.63, 3.8) is 0 Å². The van der Waals surface area contributed by atoms with Crippen molar-refractivity contribution in [3.8, 4) is 21.7 Å². The van der Waals surface area contributed by atoms with Crippen LogP contribution in [0.1, 0.15) is 56.9 Å². The summed E-state index contributed by atoms with van der Waals surface area (Å²) in [6.45, 7) is 16.0. The van der Waals surface area contributed by atoms with Crippen LogP contribution in [0, 0.1) is 26.8 Å². The fraction of sp³-hybridized carbons (Fsp3) is 0.290. The van der Waals surface area contributed by atoms with Gasteiger partial charge in [-0.05, 0) is 50.4 Å². The Balaban J connectivity index is 0.000000503. The maximum absolute atomic E-state index is 10.0. The van der Waals surface area contributed by atoms with Gasteiger partial charge in [-0.2, -0.15) is 0 Å². The van der Waals surface area contributed by atoms with Crippen LogP contribution in [0.3, 0.4) is 0 Å². The van der Waals surface area contributed by atoms with Gasteiger partial charge in [-0.25, -0.2) is 0 Å². The van der Waals surface area contributed by atoms with E-state index >= 15 is 0 Å². The number of rotatable bonds is 3. The molecular weight excluding hydrogens is 643 g/mol. The predicted molar refractivity (Wildman–Crippen MR) is 149 cm³/mol. The average molecular weight is 677 g/mol. The molecule has 0 spiro atoms. The molecule has 0 aliphatic rings. The molecule has 0 aliphatic carbocycles. The Bertz CT molecular complexity index is 1390. The number of aryl methyl sites for hydroxylation is 3. The minimum absolute atomic E-state index is 0. The normalized spacial score (nSPS) is 11.5. The number of fused-ring (bicyclic) bond motifs is 1. The van der Waals surface area contributed by atoms with E-state index < -0.39 is 0 Å². The van der Waals surface area contributed by atoms with Crippen LogP contribution in [-0.2, 0) is 30.3 Å². The number of benzene rings is 2. The third-order valence-corrected chi connectivity index (χ3v) is 6.54. The Kier molecular flexibility index (Phi) is 9.96. The number of hydrogen-bond acceptors (Lipinski definition) is 4. The molecule has 3 nitrogen and oxygen atoms in total. The molecule has 1 radical (unpaired) electrons. The van der Waals surface area contributed by atoms with Gasteiger partial charge in [0.05, 0.1) is 5.76 Å². The van der Waals surface area contributed by atoms with Gasteiger partial charge in [0, 0.05) is 36.4 Å². The van der Waals surface area contributed by atoms with Gasteiger partial charge in [-0.15, -0.1) is 46.2 Å². The molecular formula is C31H34IrNO2S-. The molecule has 0 saturated heterocycles. The monoisotopic (exact) mass is 677 g/mol. The van der Waals surface area contributed by atoms with Crippen molar-refractivity contribution in [3.05, 3.63) is 88.7 Å². The van der Waals surface area contributed by atoms with Gasteiger partial charge in [0.15, 0.2) is 5.78 Å². The summed E-state index contributed by atoms with van der Waals surface area (Å²) in [7, 11) is 0. The number of thiophene rings is 1. The van der Waals surface area contributed by atoms with Crippen LogP contribution in [0.2, 0.25) is 0 Å². The van der Waals surface area contributed by atoms with Crippen molar-refractivity contribution in [1.82, 2.24) is 4.98 Å². The zero-order valence-electron chi connectivity index (χ0n) is 22.2. The van der Waals surface area contributed by atoms with Gasteiger partial charge in [0.25, 0.3) is 0 Å². The van der Waals surface area contributed by atoms with E-state index in [9.17, 15) is 4.79 Å². The van der Waals surface area contributed by atoms with Gasteiger partial charge in [0.1, 0.15) is 4.83 Å². The molecule has 5 heteroatoms. The van der Waals surface area contributed by atoms with E-state index in [0.29, 0.717) is 0 Å². The third-order valence-electron chi connectivity index (χ3n) is 5.45. The van der Waals surface area contributed by atoms with E-state index in [1.54, 1.807) is 11.3 Å². The van der Waals surface area contributed by atoms with E-state index in [-0.39, 0.29) is 37.1 Å². The minimum atomic E-state index is -0.125. The Morgan fingerprint density at radius 3 is 2.14 bits per heavy atom. The molecule has 0 unspecified atom stereocenters. The van der Waals surface area contributed by atoms with E-state index in [4.69, 9.17) is 10.1 Å². The molecule has 191 valence electrons. The van der Waals surface area contributed by atoms with Gasteiger partial charge in [0.2, 0.25) is 0 Å². The average Bonchev–Trinajstić information content (AvgIpc) is 3.15. The molecule has 4 aromatic rings. The molecule has 0 amide bonds. The second kappa shape index (κ2) is 12.1. The van der Waals surface area contributed by atoms with E-state index in [0.717, 1.165) is 21.7 Å². The first-order valence-corrected chi connectivity index (χ1v) is 12.6. The molecule has 0 aliphatic heterocycles. The third kappa shape index (κ3) is 7.96. The first-order valence-electron chi connectivity index (χ1n) is 11.7. The quantitative estimate of drug-likeness (QED) is 0.134. The van der Waals surface area contributed by atoms with Crippen LogP contribution < -0.4 is 0 Å². The summed E-state index contributed by atoms with van der Waals surface area (Å²) in [6.07, 6.45) is 1.17. The van der Waals surface area contributed by atoms with Crippen molar-refractivity contribution < 1.29 is 30.0 Å². The first kappa shape index (κ1) is 29.6. The van der Waals surface area contributed by atoms with Crippen LogP contribution >= 0.6 is 11.3 Å². The number of aromatic nitrogens is 1. The smallest absolute Gasteiger partial charge is 0.155 e. The number of nitrogens with zero attached hydrogens (tertiary/aromatic N) is 1. The van der Waals surface area contributed by atoms with Crippen molar-refractivity contribution in [2.45, 2.75) is 60.8 Å². The van der Waals surface area contributed by atoms with Crippen LogP contribution in [0.5, 0.6) is 0 Å². The van der Waals surface area contributed by atoms with Crippen LogP contribution in [-0.4, -0.2) is 15.9 Å². The Labute approximate surface area is 232 Å². The van der Waals surface area contributed by atoms with Gasteiger partial charge in [-0.3, -0.25) is 9.78 Å². The number of carbonyl (C=O) groups is 1. The van der Waals surface area contributed by atoms with E-state index in [1.165, 1.54) is 52.4 Å². The van der Waals surface area contributed by atoms with Crippen molar-refractivity contribution in [2.24, 2.45) is 0 Å². The summed E-state index contributed by atoms with van der Waals surface area (Å²) >= 11 is 1.77. The maximum atomic E-state index is 10.0. The molecule has 2 aromatic carbocycles. The fourth-order valence-corrected chi connectivity index (χ4v) is 4.93. The maximum Gasteiger partial charge on any atom is 0.155 e. The Morgan fingerprint density at radius 2 is 1.61 bits per heavy atom. The van der Waals surface area contributed by atoms with E-state index in [2.05, 4.69) is 96.1 Å². The molecule has 0 saturated carbocycles. The topological polar surface area (TPSA) is 50.2 Å². The first-order chi connectivity index (χ1) is 16.3. The Hall–Kier alpha value is -2.59. The van der Waals surface area contributed by atoms with Gasteiger partial charge >= 0.3 is 0 Å². The fourth-order valence-electron chi connectivity index (χ4n) is 3.91. The summed E-state index contributed by atoms with van der Waals surface area (Å²) in [5, 5.41) is 9.56. The van der Waals surface area contributed by atoms with Crippen LogP contribution in [0.15, 0.2) is 60.4 Å². The van der Waals surface area contributed by atoms with Crippen molar-refractivity contribution in [2.75, 3.05) is 0 Å². The molecule has 0 atom stereocenters. The zero-order valence-corrected chi connectivity index (χ0v) is 25.5. The summed E-state index contributed by atoms with van der Waals surface area (Å²) < 4.78 is 0. The molecule has 2 heterocycles. The SMILES string of the molecule is CC(=O)/C=C(/C)O.Cc1[c-]c(-c2ccc3cc(-c4cc(C)cc(C)c4)sc3n2)cc(C(C)(C)C)c1.[Ir]. The second-order valence-electron chi connectivity index (χ2n) is 10.2. The van der Waals surface area contributed by atoms with Gasteiger partial charge in [-0.1, -0.05) is 69.2 Å². The number of aliphatic hydroxyl groups is 1. The summed E-state index contributed by atoms with van der Waals surface area (Å²) in [6, 6.07) is 21.2. The minimum Gasteiger partial charge on any atom is -0.512 e. The molecule has 0 bridgehead atoms. The zero-order chi connectivity index (χ0) is 25.9. The summed E-state index contributed by atoms with van der Waals surface area (Å²) in [5.41, 5.74) is 8.53. The molecule has 0 fully saturated rings. The van der Waals surface area contributed by atoms with Crippen molar-refractivity contribution >= 4 is 27.3 Å². The summed E-state index contributed by atoms with van der Waals surface area (Å²) in [5.74, 6) is -0.0625. The number of allylic oxidation sites excluding steroid dienone is 2. The Morgan fingerprint density at radius 1 is 0.972 bits per heavy atom. The number of ketones is 1. The molecule has 4 rings (SSSR count). The molecule has 2 aromatic heterocycles. The van der Waals surface area contributed by atoms with Crippen LogP contribution in [0.4, 0.5) is 0 Å².